The maximum atomic E-state index is 13.9. The van der Waals surface area contributed by atoms with Gasteiger partial charge in [0.1, 0.15) is 22.5 Å². The van der Waals surface area contributed by atoms with E-state index in [0.717, 1.165) is 34.6 Å². The number of carbonyl (C=O) groups is 2. The van der Waals surface area contributed by atoms with E-state index in [2.05, 4.69) is 21.7 Å². The normalized spacial score (nSPS) is 19.3. The van der Waals surface area contributed by atoms with Crippen LogP contribution in [0, 0.1) is 5.92 Å². The molecule has 216 valence electrons. The lowest BCUT2D eigenvalue weighted by Gasteiger charge is -2.28. The van der Waals surface area contributed by atoms with E-state index in [-0.39, 0.29) is 24.3 Å². The van der Waals surface area contributed by atoms with Crippen LogP contribution < -0.4 is 10.5 Å². The Morgan fingerprint density at radius 2 is 1.93 bits per heavy atom. The molecule has 1 aromatic carbocycles. The fraction of sp³-hybridized carbons (Fsp3) is 0.484. The number of nitrogens with two attached hydrogens (primary N) is 1. The molecule has 2 N–H and O–H groups in total. The van der Waals surface area contributed by atoms with Gasteiger partial charge in [0.15, 0.2) is 5.82 Å². The van der Waals surface area contributed by atoms with Crippen LogP contribution in [0.4, 0.5) is 0 Å². The zero-order chi connectivity index (χ0) is 29.1. The fourth-order valence-electron chi connectivity index (χ4n) is 5.95. The number of hydrogen-bond donors (Lipinski definition) is 1. The molecule has 41 heavy (non-hydrogen) atoms. The lowest BCUT2D eigenvalue weighted by atomic mass is 10.1. The Hall–Kier alpha value is -3.92. The number of imidazole rings is 1. The molecule has 2 atom stereocenters. The summed E-state index contributed by atoms with van der Waals surface area (Å²) in [5.41, 5.74) is 9.61. The number of esters is 1. The van der Waals surface area contributed by atoms with Gasteiger partial charge in [-0.2, -0.15) is 0 Å². The van der Waals surface area contributed by atoms with Crippen molar-refractivity contribution in [2.24, 2.45) is 18.7 Å². The summed E-state index contributed by atoms with van der Waals surface area (Å²) in [5, 5.41) is 1.07. The summed E-state index contributed by atoms with van der Waals surface area (Å²) in [4.78, 5) is 37.9. The van der Waals surface area contributed by atoms with Gasteiger partial charge in [0.05, 0.1) is 30.8 Å². The third kappa shape index (κ3) is 5.16. The molecule has 2 aliphatic rings. The van der Waals surface area contributed by atoms with Crippen LogP contribution in [0.1, 0.15) is 56.8 Å². The number of methoxy groups -OCH3 is 1. The topological polar surface area (TPSA) is 118 Å². The summed E-state index contributed by atoms with van der Waals surface area (Å²) in [7, 11) is 3.57. The molecule has 3 aromatic heterocycles. The molecule has 4 heterocycles. The molecule has 10 nitrogen and oxygen atoms in total. The number of aromatic nitrogens is 4. The third-order valence-electron chi connectivity index (χ3n) is 8.08. The second-order valence-corrected chi connectivity index (χ2v) is 12.3. The first kappa shape index (κ1) is 27.3. The maximum absolute atomic E-state index is 13.9. The minimum absolute atomic E-state index is 0.0524. The van der Waals surface area contributed by atoms with Crippen molar-refractivity contribution in [3.63, 3.8) is 0 Å². The van der Waals surface area contributed by atoms with Crippen LogP contribution in [-0.2, 0) is 23.1 Å². The zero-order valence-corrected chi connectivity index (χ0v) is 24.4. The number of fused-ring (bicyclic) bond motifs is 2. The fourth-order valence-corrected chi connectivity index (χ4v) is 5.95. The molecule has 1 aliphatic carbocycles. The Labute approximate surface area is 239 Å². The summed E-state index contributed by atoms with van der Waals surface area (Å²) < 4.78 is 15.6. The lowest BCUT2D eigenvalue weighted by molar-refractivity contribution is -0.155. The minimum Gasteiger partial charge on any atom is -0.494 e. The van der Waals surface area contributed by atoms with Crippen molar-refractivity contribution in [3.05, 3.63) is 42.1 Å². The van der Waals surface area contributed by atoms with Gasteiger partial charge in [-0.25, -0.2) is 9.97 Å². The maximum Gasteiger partial charge on any atom is 0.308 e. The van der Waals surface area contributed by atoms with Crippen molar-refractivity contribution < 1.29 is 19.1 Å². The van der Waals surface area contributed by atoms with Gasteiger partial charge in [0, 0.05) is 43.3 Å². The molecule has 1 amide bonds. The highest BCUT2D eigenvalue weighted by molar-refractivity contribution is 6.00. The average Bonchev–Trinajstić information content (AvgIpc) is 3.45. The van der Waals surface area contributed by atoms with Crippen LogP contribution in [-0.4, -0.2) is 67.2 Å². The summed E-state index contributed by atoms with van der Waals surface area (Å²) in [6.45, 7) is 6.84. The predicted octanol–water partition coefficient (Wildman–Crippen LogP) is 4.28. The SMILES string of the molecule is COc1cc(C(=O)N2CCC(N)C2CC(=O)OC(C)(C)C)cc2nc(-c3cc4cccnc4n3CC3CC3)n(C)c12. The Morgan fingerprint density at radius 1 is 1.15 bits per heavy atom. The van der Waals surface area contributed by atoms with Crippen LogP contribution in [0.15, 0.2) is 36.5 Å². The number of hydrogen-bond acceptors (Lipinski definition) is 7. The van der Waals surface area contributed by atoms with Gasteiger partial charge in [-0.3, -0.25) is 9.59 Å². The summed E-state index contributed by atoms with van der Waals surface area (Å²) in [6.07, 6.45) is 4.94. The molecule has 0 radical (unpaired) electrons. The number of carbonyl (C=O) groups excluding carboxylic acids is 2. The number of rotatable bonds is 7. The van der Waals surface area contributed by atoms with Gasteiger partial charge in [0.2, 0.25) is 0 Å². The van der Waals surface area contributed by atoms with Crippen molar-refractivity contribution in [3.8, 4) is 17.3 Å². The predicted molar refractivity (Wildman–Crippen MR) is 157 cm³/mol. The Morgan fingerprint density at radius 3 is 2.63 bits per heavy atom. The second-order valence-electron chi connectivity index (χ2n) is 12.3. The molecule has 0 spiro atoms. The van der Waals surface area contributed by atoms with E-state index in [9.17, 15) is 9.59 Å². The van der Waals surface area contributed by atoms with Gasteiger partial charge in [-0.1, -0.05) is 0 Å². The minimum atomic E-state index is -0.607. The highest BCUT2D eigenvalue weighted by Gasteiger charge is 2.38. The van der Waals surface area contributed by atoms with Crippen LogP contribution in [0.5, 0.6) is 5.75 Å². The highest BCUT2D eigenvalue weighted by atomic mass is 16.6. The second kappa shape index (κ2) is 10.2. The Kier molecular flexibility index (Phi) is 6.76. The van der Waals surface area contributed by atoms with Gasteiger partial charge >= 0.3 is 5.97 Å². The Balaban J connectivity index is 1.37. The monoisotopic (exact) mass is 558 g/mol. The van der Waals surface area contributed by atoms with E-state index < -0.39 is 11.6 Å². The number of aryl methyl sites for hydroxylation is 1. The van der Waals surface area contributed by atoms with Gasteiger partial charge in [-0.05, 0) is 76.3 Å². The third-order valence-corrected chi connectivity index (χ3v) is 8.08. The summed E-state index contributed by atoms with van der Waals surface area (Å²) in [6, 6.07) is 8.98. The van der Waals surface area contributed by atoms with Gasteiger partial charge in [-0.15, -0.1) is 0 Å². The van der Waals surface area contributed by atoms with Crippen molar-refractivity contribution in [1.82, 2.24) is 24.0 Å². The van der Waals surface area contributed by atoms with E-state index in [1.54, 1.807) is 18.1 Å². The van der Waals surface area contributed by atoms with E-state index in [1.165, 1.54) is 12.8 Å². The summed E-state index contributed by atoms with van der Waals surface area (Å²) >= 11 is 0. The molecule has 4 aromatic rings. The molecular formula is C31H38N6O4. The number of nitrogens with zero attached hydrogens (tertiary/aromatic N) is 5. The molecule has 0 bridgehead atoms. The first-order valence-corrected chi connectivity index (χ1v) is 14.3. The number of amides is 1. The van der Waals surface area contributed by atoms with E-state index >= 15 is 0 Å². The first-order valence-electron chi connectivity index (χ1n) is 14.3. The van der Waals surface area contributed by atoms with E-state index in [0.29, 0.717) is 35.7 Å². The highest BCUT2D eigenvalue weighted by Crippen LogP contribution is 2.37. The average molecular weight is 559 g/mol. The smallest absolute Gasteiger partial charge is 0.308 e. The number of benzene rings is 1. The zero-order valence-electron chi connectivity index (χ0n) is 24.4. The molecular weight excluding hydrogens is 520 g/mol. The molecule has 6 rings (SSSR count). The molecule has 2 unspecified atom stereocenters. The Bertz CT molecular complexity index is 1640. The molecule has 1 aliphatic heterocycles. The van der Waals surface area contributed by atoms with E-state index in [4.69, 9.17) is 20.2 Å². The molecule has 2 fully saturated rings. The van der Waals surface area contributed by atoms with Crippen molar-refractivity contribution in [1.29, 1.82) is 0 Å². The van der Waals surface area contributed by atoms with Gasteiger partial charge in [0.25, 0.3) is 5.91 Å². The van der Waals surface area contributed by atoms with Crippen LogP contribution >= 0.6 is 0 Å². The largest absolute Gasteiger partial charge is 0.494 e. The van der Waals surface area contributed by atoms with E-state index in [1.807, 2.05) is 50.7 Å². The quantitative estimate of drug-likeness (QED) is 0.337. The molecule has 1 saturated heterocycles. The van der Waals surface area contributed by atoms with Gasteiger partial charge < -0.3 is 29.2 Å². The number of ether oxygens (including phenoxy) is 2. The van der Waals surface area contributed by atoms with Crippen molar-refractivity contribution in [2.75, 3.05) is 13.7 Å². The van der Waals surface area contributed by atoms with Crippen molar-refractivity contribution in [2.45, 2.75) is 70.7 Å². The summed E-state index contributed by atoms with van der Waals surface area (Å²) in [5.74, 6) is 1.43. The lowest BCUT2D eigenvalue weighted by Crippen LogP contribution is -2.44. The van der Waals surface area contributed by atoms with Crippen LogP contribution in [0.3, 0.4) is 0 Å². The van der Waals surface area contributed by atoms with Crippen molar-refractivity contribution >= 4 is 33.9 Å². The number of pyridine rings is 1. The van der Waals surface area contributed by atoms with Crippen LogP contribution in [0.25, 0.3) is 33.6 Å². The molecule has 10 heteroatoms. The van der Waals surface area contributed by atoms with Crippen LogP contribution in [0.2, 0.25) is 0 Å². The molecule has 1 saturated carbocycles. The standard InChI is InChI=1S/C31H38N6O4/c1-31(2,3)41-26(38)16-23-21(32)10-12-36(23)30(39)20-13-22-27(25(15-20)40-5)35(4)29(34-22)24-14-19-7-6-11-33-28(19)37(24)17-18-8-9-18/h6-7,11,13-15,18,21,23H,8-10,12,16-17,32H2,1-5H3. The first-order chi connectivity index (χ1) is 19.5. The number of likely N-dealkylation sites (tertiary alicyclic amines) is 1.